The molecule has 1 aromatic rings. The van der Waals surface area contributed by atoms with Crippen molar-refractivity contribution in [1.82, 2.24) is 4.31 Å². The van der Waals surface area contributed by atoms with E-state index >= 15 is 0 Å². The number of nitrogens with two attached hydrogens (primary N) is 1. The van der Waals surface area contributed by atoms with E-state index in [0.717, 1.165) is 31.4 Å². The Bertz CT molecular complexity index is 564. The van der Waals surface area contributed by atoms with Gasteiger partial charge >= 0.3 is 0 Å². The number of piperidine rings is 1. The molecule has 0 aromatic heterocycles. The molecule has 1 aromatic carbocycles. The summed E-state index contributed by atoms with van der Waals surface area (Å²) in [6.45, 7) is 3.76. The van der Waals surface area contributed by atoms with Gasteiger partial charge in [-0.3, -0.25) is 0 Å². The Kier molecular flexibility index (Phi) is 3.82. The molecule has 2 atom stereocenters. The summed E-state index contributed by atoms with van der Waals surface area (Å²) in [6.07, 6.45) is 2.64. The second kappa shape index (κ2) is 5.09. The van der Waals surface area contributed by atoms with Gasteiger partial charge in [0.25, 0.3) is 0 Å². The van der Waals surface area contributed by atoms with Crippen LogP contribution in [0.25, 0.3) is 0 Å². The van der Waals surface area contributed by atoms with Gasteiger partial charge < -0.3 is 5.73 Å². The van der Waals surface area contributed by atoms with E-state index in [1.165, 1.54) is 10.4 Å². The van der Waals surface area contributed by atoms with Gasteiger partial charge in [0, 0.05) is 12.1 Å². The van der Waals surface area contributed by atoms with Crippen LogP contribution in [0.3, 0.4) is 0 Å². The predicted molar refractivity (Wildman–Crippen MR) is 72.6 cm³/mol. The zero-order valence-electron chi connectivity index (χ0n) is 11.1. The molecule has 19 heavy (non-hydrogen) atoms. The molecule has 106 valence electrons. The predicted octanol–water partition coefficient (Wildman–Crippen LogP) is 2.36. The van der Waals surface area contributed by atoms with Crippen molar-refractivity contribution in [1.29, 1.82) is 0 Å². The van der Waals surface area contributed by atoms with Crippen molar-refractivity contribution in [2.24, 2.45) is 0 Å². The van der Waals surface area contributed by atoms with Crippen molar-refractivity contribution in [2.75, 3.05) is 5.73 Å². The topological polar surface area (TPSA) is 63.4 Å². The molecule has 0 spiro atoms. The van der Waals surface area contributed by atoms with Crippen LogP contribution in [0.15, 0.2) is 23.1 Å². The van der Waals surface area contributed by atoms with Crippen LogP contribution in [-0.4, -0.2) is 24.8 Å². The fourth-order valence-electron chi connectivity index (χ4n) is 2.72. The summed E-state index contributed by atoms with van der Waals surface area (Å²) in [5, 5.41) is 0. The lowest BCUT2D eigenvalue weighted by atomic mass is 10.0. The highest BCUT2D eigenvalue weighted by Crippen LogP contribution is 2.31. The van der Waals surface area contributed by atoms with Crippen LogP contribution in [0.4, 0.5) is 10.1 Å². The van der Waals surface area contributed by atoms with Crippen LogP contribution in [0.1, 0.15) is 33.1 Å². The number of nitrogens with zero attached hydrogens (tertiary/aromatic N) is 1. The van der Waals surface area contributed by atoms with Gasteiger partial charge in [-0.25, -0.2) is 12.8 Å². The molecular formula is C13H19FN2O2S. The molecule has 1 aliphatic rings. The molecule has 0 aliphatic carbocycles. The quantitative estimate of drug-likeness (QED) is 0.849. The highest BCUT2D eigenvalue weighted by Gasteiger charge is 2.36. The first-order chi connectivity index (χ1) is 8.84. The first kappa shape index (κ1) is 14.3. The number of anilines is 1. The SMILES string of the molecule is C[C@@H]1CCC[C@H](C)N1S(=O)(=O)c1cc(F)ccc1N. The molecule has 0 radical (unpaired) electrons. The summed E-state index contributed by atoms with van der Waals surface area (Å²) in [4.78, 5) is -0.131. The number of nitrogen functional groups attached to an aromatic ring is 1. The molecule has 6 heteroatoms. The van der Waals surface area contributed by atoms with E-state index in [1.54, 1.807) is 0 Å². The minimum Gasteiger partial charge on any atom is -0.398 e. The number of hydrogen-bond donors (Lipinski definition) is 1. The van der Waals surface area contributed by atoms with Gasteiger partial charge in [-0.15, -0.1) is 0 Å². The van der Waals surface area contributed by atoms with E-state index in [0.29, 0.717) is 0 Å². The maximum Gasteiger partial charge on any atom is 0.245 e. The molecule has 1 aliphatic heterocycles. The average molecular weight is 286 g/mol. The zero-order valence-corrected chi connectivity index (χ0v) is 12.0. The summed E-state index contributed by atoms with van der Waals surface area (Å²) in [7, 11) is -3.75. The molecule has 1 heterocycles. The van der Waals surface area contributed by atoms with Crippen LogP contribution < -0.4 is 5.73 Å². The molecule has 0 saturated carbocycles. The van der Waals surface area contributed by atoms with E-state index in [1.807, 2.05) is 13.8 Å². The Labute approximate surface area is 113 Å². The van der Waals surface area contributed by atoms with Crippen LogP contribution >= 0.6 is 0 Å². The third-order valence-electron chi connectivity index (χ3n) is 3.64. The lowest BCUT2D eigenvalue weighted by Crippen LogP contribution is -2.47. The van der Waals surface area contributed by atoms with Gasteiger partial charge in [-0.05, 0) is 44.9 Å². The monoisotopic (exact) mass is 286 g/mol. The molecule has 0 amide bonds. The maximum atomic E-state index is 13.3. The summed E-state index contributed by atoms with van der Waals surface area (Å²) >= 11 is 0. The van der Waals surface area contributed by atoms with Gasteiger partial charge in [-0.2, -0.15) is 4.31 Å². The highest BCUT2D eigenvalue weighted by molar-refractivity contribution is 7.89. The molecule has 1 fully saturated rings. The van der Waals surface area contributed by atoms with E-state index in [4.69, 9.17) is 5.73 Å². The maximum absolute atomic E-state index is 13.3. The van der Waals surface area contributed by atoms with Gasteiger partial charge in [0.15, 0.2) is 0 Å². The number of rotatable bonds is 2. The molecule has 0 bridgehead atoms. The lowest BCUT2D eigenvalue weighted by molar-refractivity contribution is 0.204. The van der Waals surface area contributed by atoms with Gasteiger partial charge in [0.05, 0.1) is 5.69 Å². The van der Waals surface area contributed by atoms with Crippen molar-refractivity contribution in [3.63, 3.8) is 0 Å². The van der Waals surface area contributed by atoms with Crippen molar-refractivity contribution in [3.05, 3.63) is 24.0 Å². The molecule has 2 N–H and O–H groups in total. The third-order valence-corrected chi connectivity index (χ3v) is 5.83. The van der Waals surface area contributed by atoms with E-state index < -0.39 is 15.8 Å². The highest BCUT2D eigenvalue weighted by atomic mass is 32.2. The van der Waals surface area contributed by atoms with E-state index in [9.17, 15) is 12.8 Å². The summed E-state index contributed by atoms with van der Waals surface area (Å²) < 4.78 is 40.1. The summed E-state index contributed by atoms with van der Waals surface area (Å²) in [5.41, 5.74) is 5.79. The van der Waals surface area contributed by atoms with Crippen LogP contribution in [0.5, 0.6) is 0 Å². The smallest absolute Gasteiger partial charge is 0.245 e. The Balaban J connectivity index is 2.49. The van der Waals surface area contributed by atoms with Gasteiger partial charge in [-0.1, -0.05) is 6.42 Å². The number of halogens is 1. The average Bonchev–Trinajstić information content (AvgIpc) is 2.31. The summed E-state index contributed by atoms with van der Waals surface area (Å²) in [6, 6.07) is 3.28. The largest absolute Gasteiger partial charge is 0.398 e. The summed E-state index contributed by atoms with van der Waals surface area (Å²) in [5.74, 6) is -0.593. The van der Waals surface area contributed by atoms with Crippen molar-refractivity contribution >= 4 is 15.7 Å². The lowest BCUT2D eigenvalue weighted by Gasteiger charge is -2.37. The first-order valence-electron chi connectivity index (χ1n) is 6.42. The zero-order chi connectivity index (χ0) is 14.2. The Morgan fingerprint density at radius 1 is 1.26 bits per heavy atom. The number of sulfonamides is 1. The molecule has 4 nitrogen and oxygen atoms in total. The number of hydrogen-bond acceptors (Lipinski definition) is 3. The molecule has 2 rings (SSSR count). The molecule has 0 unspecified atom stereocenters. The van der Waals surface area contributed by atoms with Crippen molar-refractivity contribution in [2.45, 2.75) is 50.1 Å². The fourth-order valence-corrected chi connectivity index (χ4v) is 4.73. The second-order valence-electron chi connectivity index (χ2n) is 5.15. The van der Waals surface area contributed by atoms with E-state index in [-0.39, 0.29) is 22.7 Å². The Morgan fingerprint density at radius 3 is 2.42 bits per heavy atom. The first-order valence-corrected chi connectivity index (χ1v) is 7.86. The van der Waals surface area contributed by atoms with Crippen molar-refractivity contribution < 1.29 is 12.8 Å². The number of benzene rings is 1. The Morgan fingerprint density at radius 2 is 1.84 bits per heavy atom. The normalized spacial score (nSPS) is 25.4. The standard InChI is InChI=1S/C13H19FN2O2S/c1-9-4-3-5-10(2)16(9)19(17,18)13-8-11(14)6-7-12(13)15/h6-10H,3-5,15H2,1-2H3/t9-,10+. The minimum absolute atomic E-state index is 0.0867. The van der Waals surface area contributed by atoms with Gasteiger partial charge in [0.1, 0.15) is 10.7 Å². The second-order valence-corrected chi connectivity index (χ2v) is 6.96. The minimum atomic E-state index is -3.75. The van der Waals surface area contributed by atoms with Crippen LogP contribution in [0.2, 0.25) is 0 Å². The third kappa shape index (κ3) is 2.60. The Hall–Kier alpha value is -1.14. The van der Waals surface area contributed by atoms with E-state index in [2.05, 4.69) is 0 Å². The molecule has 1 saturated heterocycles. The van der Waals surface area contributed by atoms with Crippen LogP contribution in [0, 0.1) is 5.82 Å². The van der Waals surface area contributed by atoms with Crippen molar-refractivity contribution in [3.8, 4) is 0 Å². The van der Waals surface area contributed by atoms with Crippen LogP contribution in [-0.2, 0) is 10.0 Å². The fraction of sp³-hybridized carbons (Fsp3) is 0.538. The van der Waals surface area contributed by atoms with Gasteiger partial charge in [0.2, 0.25) is 10.0 Å². The molecular weight excluding hydrogens is 267 g/mol.